The van der Waals surface area contributed by atoms with E-state index >= 15 is 0 Å². The van der Waals surface area contributed by atoms with Crippen molar-refractivity contribution in [3.8, 4) is 5.69 Å². The molecule has 0 spiro atoms. The molecule has 3 rings (SSSR count). The Morgan fingerprint density at radius 3 is 2.87 bits per heavy atom. The Hall–Kier alpha value is -2.34. The monoisotopic (exact) mass is 315 g/mol. The van der Waals surface area contributed by atoms with Crippen molar-refractivity contribution in [2.24, 2.45) is 5.92 Å². The summed E-state index contributed by atoms with van der Waals surface area (Å²) in [5.74, 6) is -0.732. The maximum atomic E-state index is 12.5. The summed E-state index contributed by atoms with van der Waals surface area (Å²) < 4.78 is 7.24. The van der Waals surface area contributed by atoms with Gasteiger partial charge in [-0.3, -0.25) is 9.36 Å². The summed E-state index contributed by atoms with van der Waals surface area (Å²) in [7, 11) is 0. The lowest BCUT2D eigenvalue weighted by Gasteiger charge is -2.29. The number of anilines is 1. The van der Waals surface area contributed by atoms with Crippen LogP contribution in [0.5, 0.6) is 0 Å². The molecule has 0 aliphatic carbocycles. The second-order valence-electron chi connectivity index (χ2n) is 6.64. The van der Waals surface area contributed by atoms with E-state index in [1.54, 1.807) is 17.0 Å². The Balaban J connectivity index is 1.99. The second-order valence-corrected chi connectivity index (χ2v) is 6.64. The molecule has 1 aliphatic rings. The standard InChI is InChI=1S/C17H21N3O3/c1-17(2,3)23-16(22)11-10-19-12-6-4-5-7-13(12)20-9-8-18-15(20)14(11)21/h4-9,11,14,19,21H,10H2,1-3H3/t11-,14+/m0/s1. The highest BCUT2D eigenvalue weighted by Gasteiger charge is 2.36. The summed E-state index contributed by atoms with van der Waals surface area (Å²) in [6, 6.07) is 7.71. The van der Waals surface area contributed by atoms with E-state index in [1.165, 1.54) is 0 Å². The molecule has 0 radical (unpaired) electrons. The molecule has 1 aliphatic heterocycles. The Labute approximate surface area is 135 Å². The summed E-state index contributed by atoms with van der Waals surface area (Å²) in [6.07, 6.45) is 2.35. The van der Waals surface area contributed by atoms with E-state index in [0.29, 0.717) is 5.82 Å². The topological polar surface area (TPSA) is 76.4 Å². The van der Waals surface area contributed by atoms with Gasteiger partial charge in [-0.25, -0.2) is 4.98 Å². The van der Waals surface area contributed by atoms with Crippen molar-refractivity contribution in [3.63, 3.8) is 0 Å². The van der Waals surface area contributed by atoms with Gasteiger partial charge in [0, 0.05) is 18.9 Å². The van der Waals surface area contributed by atoms with Crippen LogP contribution in [0.15, 0.2) is 36.7 Å². The van der Waals surface area contributed by atoms with Crippen molar-refractivity contribution in [1.29, 1.82) is 0 Å². The van der Waals surface area contributed by atoms with Gasteiger partial charge in [0.05, 0.1) is 11.4 Å². The predicted molar refractivity (Wildman–Crippen MR) is 86.3 cm³/mol. The highest BCUT2D eigenvalue weighted by molar-refractivity contribution is 5.75. The fraction of sp³-hybridized carbons (Fsp3) is 0.412. The van der Waals surface area contributed by atoms with Gasteiger partial charge in [0.2, 0.25) is 0 Å². The largest absolute Gasteiger partial charge is 0.460 e. The average Bonchev–Trinajstić information content (AvgIpc) is 2.93. The molecule has 0 fully saturated rings. The first-order chi connectivity index (χ1) is 10.9. The fourth-order valence-electron chi connectivity index (χ4n) is 2.67. The Morgan fingerprint density at radius 1 is 1.39 bits per heavy atom. The molecular weight excluding hydrogens is 294 g/mol. The number of para-hydroxylation sites is 2. The van der Waals surface area contributed by atoms with Crippen LogP contribution in [-0.4, -0.2) is 32.8 Å². The molecule has 0 saturated heterocycles. The van der Waals surface area contributed by atoms with Gasteiger partial charge in [0.1, 0.15) is 23.4 Å². The van der Waals surface area contributed by atoms with E-state index in [9.17, 15) is 9.90 Å². The zero-order valence-electron chi connectivity index (χ0n) is 13.5. The SMILES string of the molecule is CC(C)(C)OC(=O)[C@H]1CNc2ccccc2-n2ccnc2[C@@H]1O. The summed E-state index contributed by atoms with van der Waals surface area (Å²) in [5, 5.41) is 13.9. The van der Waals surface area contributed by atoms with Gasteiger partial charge in [-0.2, -0.15) is 0 Å². The van der Waals surface area contributed by atoms with Gasteiger partial charge in [-0.1, -0.05) is 12.1 Å². The molecule has 0 unspecified atom stereocenters. The van der Waals surface area contributed by atoms with Gasteiger partial charge in [-0.15, -0.1) is 0 Å². The van der Waals surface area contributed by atoms with Crippen LogP contribution < -0.4 is 5.32 Å². The molecule has 2 N–H and O–H groups in total. The smallest absolute Gasteiger partial charge is 0.314 e. The zero-order chi connectivity index (χ0) is 16.6. The quantitative estimate of drug-likeness (QED) is 0.790. The van der Waals surface area contributed by atoms with E-state index in [4.69, 9.17) is 4.74 Å². The zero-order valence-corrected chi connectivity index (χ0v) is 13.5. The number of fused-ring (bicyclic) bond motifs is 3. The molecule has 0 amide bonds. The predicted octanol–water partition coefficient (Wildman–Crippen LogP) is 2.29. The highest BCUT2D eigenvalue weighted by Crippen LogP contribution is 2.31. The molecule has 1 aromatic carbocycles. The van der Waals surface area contributed by atoms with Crippen molar-refractivity contribution in [3.05, 3.63) is 42.5 Å². The maximum absolute atomic E-state index is 12.5. The molecule has 23 heavy (non-hydrogen) atoms. The second kappa shape index (κ2) is 5.70. The lowest BCUT2D eigenvalue weighted by Crippen LogP contribution is -2.37. The summed E-state index contributed by atoms with van der Waals surface area (Å²) >= 11 is 0. The van der Waals surface area contributed by atoms with E-state index in [-0.39, 0.29) is 6.54 Å². The van der Waals surface area contributed by atoms with E-state index in [2.05, 4.69) is 10.3 Å². The lowest BCUT2D eigenvalue weighted by molar-refractivity contribution is -0.163. The number of hydrogen-bond donors (Lipinski definition) is 2. The summed E-state index contributed by atoms with van der Waals surface area (Å²) in [6.45, 7) is 5.71. The third-order valence-corrected chi connectivity index (χ3v) is 3.70. The first kappa shape index (κ1) is 15.6. The van der Waals surface area contributed by atoms with E-state index in [0.717, 1.165) is 11.4 Å². The minimum absolute atomic E-state index is 0.278. The van der Waals surface area contributed by atoms with Gasteiger partial charge in [0.25, 0.3) is 0 Å². The molecule has 2 heterocycles. The van der Waals surface area contributed by atoms with Crippen molar-refractivity contribution in [2.45, 2.75) is 32.5 Å². The molecule has 0 saturated carbocycles. The van der Waals surface area contributed by atoms with Crippen LogP contribution in [0.3, 0.4) is 0 Å². The van der Waals surface area contributed by atoms with Crippen molar-refractivity contribution >= 4 is 11.7 Å². The first-order valence-corrected chi connectivity index (χ1v) is 7.64. The Kier molecular flexibility index (Phi) is 3.85. The van der Waals surface area contributed by atoms with Crippen molar-refractivity contribution < 1.29 is 14.6 Å². The highest BCUT2D eigenvalue weighted by atomic mass is 16.6. The number of nitrogens with zero attached hydrogens (tertiary/aromatic N) is 2. The van der Waals surface area contributed by atoms with Gasteiger partial charge >= 0.3 is 5.97 Å². The van der Waals surface area contributed by atoms with E-state index < -0.39 is 23.6 Å². The molecule has 2 aromatic rings. The van der Waals surface area contributed by atoms with Crippen LogP contribution in [-0.2, 0) is 9.53 Å². The van der Waals surface area contributed by atoms with Gasteiger partial charge in [0.15, 0.2) is 0 Å². The molecule has 2 atom stereocenters. The van der Waals surface area contributed by atoms with Crippen LogP contribution in [0.4, 0.5) is 5.69 Å². The number of imidazole rings is 1. The molecule has 0 bridgehead atoms. The molecule has 6 nitrogen and oxygen atoms in total. The number of carbonyl (C=O) groups is 1. The number of benzene rings is 1. The molecule has 122 valence electrons. The van der Waals surface area contributed by atoms with Crippen LogP contribution in [0.1, 0.15) is 32.7 Å². The molecule has 1 aromatic heterocycles. The summed E-state index contributed by atoms with van der Waals surface area (Å²) in [4.78, 5) is 16.7. The van der Waals surface area contributed by atoms with Gasteiger partial charge < -0.3 is 15.2 Å². The number of aliphatic hydroxyl groups is 1. The number of esters is 1. The third kappa shape index (κ3) is 3.07. The van der Waals surface area contributed by atoms with Crippen LogP contribution in [0.25, 0.3) is 5.69 Å². The van der Waals surface area contributed by atoms with Crippen LogP contribution >= 0.6 is 0 Å². The maximum Gasteiger partial charge on any atom is 0.314 e. The minimum atomic E-state index is -1.04. The Bertz CT molecular complexity index is 718. The van der Waals surface area contributed by atoms with E-state index in [1.807, 2.05) is 45.0 Å². The minimum Gasteiger partial charge on any atom is -0.460 e. The average molecular weight is 315 g/mol. The number of aliphatic hydroxyl groups excluding tert-OH is 1. The number of hydrogen-bond acceptors (Lipinski definition) is 5. The van der Waals surface area contributed by atoms with Crippen LogP contribution in [0.2, 0.25) is 0 Å². The normalized spacial score (nSPS) is 20.5. The molecule has 6 heteroatoms. The number of rotatable bonds is 1. The lowest BCUT2D eigenvalue weighted by atomic mass is 9.99. The number of carbonyl (C=O) groups excluding carboxylic acids is 1. The number of aromatic nitrogens is 2. The summed E-state index contributed by atoms with van der Waals surface area (Å²) in [5.41, 5.74) is 1.17. The number of ether oxygens (including phenoxy) is 1. The van der Waals surface area contributed by atoms with Gasteiger partial charge in [-0.05, 0) is 32.9 Å². The number of nitrogens with one attached hydrogen (secondary N) is 1. The Morgan fingerprint density at radius 2 is 2.13 bits per heavy atom. The molecular formula is C17H21N3O3. The van der Waals surface area contributed by atoms with Crippen molar-refractivity contribution in [1.82, 2.24) is 9.55 Å². The first-order valence-electron chi connectivity index (χ1n) is 7.64. The third-order valence-electron chi connectivity index (χ3n) is 3.70. The van der Waals surface area contributed by atoms with Crippen molar-refractivity contribution in [2.75, 3.05) is 11.9 Å². The fourth-order valence-corrected chi connectivity index (χ4v) is 2.67. The van der Waals surface area contributed by atoms with Crippen LogP contribution in [0, 0.1) is 5.92 Å².